The first kappa shape index (κ1) is 16.3. The monoisotopic (exact) mass is 279 g/mol. The lowest BCUT2D eigenvalue weighted by Gasteiger charge is -2.32. The molecular formula is C13H23F2NO3. The van der Waals surface area contributed by atoms with Gasteiger partial charge in [0.05, 0.1) is 13.2 Å². The van der Waals surface area contributed by atoms with Crippen molar-refractivity contribution in [2.75, 3.05) is 26.4 Å². The second-order valence-corrected chi connectivity index (χ2v) is 4.80. The molecular weight excluding hydrogens is 256 g/mol. The molecule has 1 rings (SSSR count). The van der Waals surface area contributed by atoms with E-state index in [1.165, 1.54) is 0 Å². The number of nitrogens with one attached hydrogen (secondary N) is 1. The van der Waals surface area contributed by atoms with E-state index in [4.69, 9.17) is 9.47 Å². The molecule has 0 bridgehead atoms. The van der Waals surface area contributed by atoms with E-state index in [-0.39, 0.29) is 25.1 Å². The Balaban J connectivity index is 2.69. The number of hydrogen-bond acceptors (Lipinski definition) is 4. The minimum Gasteiger partial charge on any atom is -0.465 e. The Morgan fingerprint density at radius 3 is 2.58 bits per heavy atom. The molecule has 1 aliphatic rings. The number of hydrogen-bond donors (Lipinski definition) is 1. The van der Waals surface area contributed by atoms with Gasteiger partial charge < -0.3 is 9.47 Å². The van der Waals surface area contributed by atoms with Crippen molar-refractivity contribution in [3.8, 4) is 0 Å². The summed E-state index contributed by atoms with van der Waals surface area (Å²) in [6, 6.07) is 0. The minimum absolute atomic E-state index is 0.0547. The lowest BCUT2D eigenvalue weighted by Crippen LogP contribution is -2.58. The summed E-state index contributed by atoms with van der Waals surface area (Å²) in [5.74, 6) is -0.268. The zero-order chi connectivity index (χ0) is 14.3. The van der Waals surface area contributed by atoms with Crippen LogP contribution in [0.4, 0.5) is 8.78 Å². The molecule has 1 N–H and O–H groups in total. The third-order valence-corrected chi connectivity index (χ3v) is 3.18. The van der Waals surface area contributed by atoms with E-state index >= 15 is 0 Å². The number of esters is 1. The molecule has 1 atom stereocenters. The molecule has 0 aromatic carbocycles. The van der Waals surface area contributed by atoms with Gasteiger partial charge in [0.1, 0.15) is 12.1 Å². The van der Waals surface area contributed by atoms with Gasteiger partial charge in [0.2, 0.25) is 0 Å². The summed E-state index contributed by atoms with van der Waals surface area (Å²) in [5.41, 5.74) is -0.957. The second kappa shape index (κ2) is 7.75. The molecule has 112 valence electrons. The molecule has 1 aliphatic carbocycles. The van der Waals surface area contributed by atoms with Crippen LogP contribution in [0.15, 0.2) is 0 Å². The van der Waals surface area contributed by atoms with Crippen LogP contribution in [0.3, 0.4) is 0 Å². The third-order valence-electron chi connectivity index (χ3n) is 3.18. The van der Waals surface area contributed by atoms with Gasteiger partial charge >= 0.3 is 5.97 Å². The molecule has 0 amide bonds. The van der Waals surface area contributed by atoms with Gasteiger partial charge in [0.25, 0.3) is 6.43 Å². The fourth-order valence-corrected chi connectivity index (χ4v) is 2.10. The lowest BCUT2D eigenvalue weighted by molar-refractivity contribution is -0.156. The van der Waals surface area contributed by atoms with Crippen molar-refractivity contribution in [1.82, 2.24) is 5.32 Å². The summed E-state index contributed by atoms with van der Waals surface area (Å²) < 4.78 is 34.4. The maximum atomic E-state index is 12.2. The summed E-state index contributed by atoms with van der Waals surface area (Å²) >= 11 is 0. The van der Waals surface area contributed by atoms with E-state index < -0.39 is 18.6 Å². The Morgan fingerprint density at radius 1 is 1.42 bits per heavy atom. The standard InChI is InChI=1S/C13H23F2NO3/c1-3-7-16-13(10-5-6-10,12(17)19-4-2)9-18-8-11(14)15/h10-11,16H,3-9H2,1-2H3. The Kier molecular flexibility index (Phi) is 6.65. The zero-order valence-corrected chi connectivity index (χ0v) is 11.6. The first-order valence-electron chi connectivity index (χ1n) is 6.85. The van der Waals surface area contributed by atoms with Crippen molar-refractivity contribution in [2.45, 2.75) is 45.1 Å². The van der Waals surface area contributed by atoms with Crippen LogP contribution in [-0.4, -0.2) is 44.3 Å². The molecule has 0 radical (unpaired) electrons. The number of ether oxygens (including phenoxy) is 2. The van der Waals surface area contributed by atoms with E-state index in [0.29, 0.717) is 6.54 Å². The zero-order valence-electron chi connectivity index (χ0n) is 11.6. The average Bonchev–Trinajstić information content (AvgIpc) is 3.18. The summed E-state index contributed by atoms with van der Waals surface area (Å²) in [6.45, 7) is 3.91. The normalized spacial score (nSPS) is 18.4. The molecule has 4 nitrogen and oxygen atoms in total. The predicted molar refractivity (Wildman–Crippen MR) is 67.2 cm³/mol. The highest BCUT2D eigenvalue weighted by molar-refractivity contribution is 5.82. The van der Waals surface area contributed by atoms with Crippen molar-refractivity contribution in [2.24, 2.45) is 5.92 Å². The number of carbonyl (C=O) groups excluding carboxylic acids is 1. The maximum absolute atomic E-state index is 12.2. The Labute approximate surface area is 112 Å². The number of alkyl halides is 2. The van der Waals surface area contributed by atoms with Crippen LogP contribution in [-0.2, 0) is 14.3 Å². The summed E-state index contributed by atoms with van der Waals surface area (Å²) in [5, 5.41) is 3.16. The van der Waals surface area contributed by atoms with Crippen molar-refractivity contribution in [3.63, 3.8) is 0 Å². The van der Waals surface area contributed by atoms with Crippen LogP contribution in [0, 0.1) is 5.92 Å². The summed E-state index contributed by atoms with van der Waals surface area (Å²) in [6.07, 6.45) is 0.120. The van der Waals surface area contributed by atoms with Crippen molar-refractivity contribution < 1.29 is 23.0 Å². The van der Waals surface area contributed by atoms with Crippen LogP contribution in [0.5, 0.6) is 0 Å². The summed E-state index contributed by atoms with van der Waals surface area (Å²) in [4.78, 5) is 12.2. The molecule has 19 heavy (non-hydrogen) atoms. The van der Waals surface area contributed by atoms with Crippen molar-refractivity contribution in [3.05, 3.63) is 0 Å². The predicted octanol–water partition coefficient (Wildman–Crippen LogP) is 1.98. The second-order valence-electron chi connectivity index (χ2n) is 4.80. The molecule has 0 spiro atoms. The van der Waals surface area contributed by atoms with E-state index in [0.717, 1.165) is 19.3 Å². The topological polar surface area (TPSA) is 47.6 Å². The Bertz CT molecular complexity index is 285. The Hall–Kier alpha value is -0.750. The highest BCUT2D eigenvalue weighted by Crippen LogP contribution is 2.41. The van der Waals surface area contributed by atoms with Crippen LogP contribution in [0.25, 0.3) is 0 Å². The van der Waals surface area contributed by atoms with Crippen LogP contribution in [0.2, 0.25) is 0 Å². The summed E-state index contributed by atoms with van der Waals surface area (Å²) in [7, 11) is 0. The molecule has 0 aromatic rings. The van der Waals surface area contributed by atoms with Gasteiger partial charge in [-0.1, -0.05) is 6.92 Å². The molecule has 0 heterocycles. The van der Waals surface area contributed by atoms with Crippen LogP contribution < -0.4 is 5.32 Å². The van der Waals surface area contributed by atoms with Crippen LogP contribution in [0.1, 0.15) is 33.1 Å². The third kappa shape index (κ3) is 4.69. The van der Waals surface area contributed by atoms with Crippen molar-refractivity contribution >= 4 is 5.97 Å². The first-order chi connectivity index (χ1) is 9.06. The van der Waals surface area contributed by atoms with Gasteiger partial charge in [-0.25, -0.2) is 13.6 Å². The Morgan fingerprint density at radius 2 is 2.11 bits per heavy atom. The SMILES string of the molecule is CCCNC(COCC(F)F)(C(=O)OCC)C1CC1. The quantitative estimate of drug-likeness (QED) is 0.621. The minimum atomic E-state index is -2.52. The van der Waals surface area contributed by atoms with E-state index in [1.54, 1.807) is 6.92 Å². The van der Waals surface area contributed by atoms with Gasteiger partial charge in [-0.05, 0) is 38.6 Å². The average molecular weight is 279 g/mol. The highest BCUT2D eigenvalue weighted by Gasteiger charge is 2.52. The van der Waals surface area contributed by atoms with Gasteiger partial charge in [-0.3, -0.25) is 5.32 Å². The largest absolute Gasteiger partial charge is 0.465 e. The molecule has 0 aromatic heterocycles. The molecule has 0 aliphatic heterocycles. The number of halogens is 2. The molecule has 1 fully saturated rings. The smallest absolute Gasteiger partial charge is 0.329 e. The lowest BCUT2D eigenvalue weighted by atomic mass is 9.94. The van der Waals surface area contributed by atoms with E-state index in [2.05, 4.69) is 5.32 Å². The van der Waals surface area contributed by atoms with Gasteiger partial charge in [-0.2, -0.15) is 0 Å². The molecule has 1 saturated carbocycles. The molecule has 0 saturated heterocycles. The maximum Gasteiger partial charge on any atom is 0.329 e. The number of carbonyl (C=O) groups is 1. The fourth-order valence-electron chi connectivity index (χ4n) is 2.10. The van der Waals surface area contributed by atoms with Gasteiger partial charge in [0.15, 0.2) is 0 Å². The van der Waals surface area contributed by atoms with Crippen LogP contribution >= 0.6 is 0 Å². The molecule has 6 heteroatoms. The van der Waals surface area contributed by atoms with Gasteiger partial charge in [-0.15, -0.1) is 0 Å². The van der Waals surface area contributed by atoms with Crippen molar-refractivity contribution in [1.29, 1.82) is 0 Å². The fraction of sp³-hybridized carbons (Fsp3) is 0.923. The first-order valence-corrected chi connectivity index (χ1v) is 6.85. The molecule has 1 unspecified atom stereocenters. The van der Waals surface area contributed by atoms with Gasteiger partial charge in [0, 0.05) is 0 Å². The van der Waals surface area contributed by atoms with E-state index in [1.807, 2.05) is 6.92 Å². The van der Waals surface area contributed by atoms with E-state index in [9.17, 15) is 13.6 Å². The number of rotatable bonds is 10. The highest BCUT2D eigenvalue weighted by atomic mass is 19.3.